The summed E-state index contributed by atoms with van der Waals surface area (Å²) in [5, 5.41) is 2.85. The minimum atomic E-state index is -4.40. The van der Waals surface area contributed by atoms with E-state index in [0.717, 1.165) is 6.07 Å². The first-order chi connectivity index (χ1) is 9.36. The van der Waals surface area contributed by atoms with Crippen molar-refractivity contribution < 1.29 is 13.2 Å². The van der Waals surface area contributed by atoms with Gasteiger partial charge < -0.3 is 11.1 Å². The Balaban J connectivity index is 2.19. The third-order valence-electron chi connectivity index (χ3n) is 2.49. The molecule has 0 saturated heterocycles. The van der Waals surface area contributed by atoms with Crippen LogP contribution in [-0.2, 0) is 12.7 Å². The third-order valence-corrected chi connectivity index (χ3v) is 2.69. The molecule has 1 aromatic heterocycles. The second-order valence-electron chi connectivity index (χ2n) is 3.94. The molecule has 0 aliphatic heterocycles. The fourth-order valence-electron chi connectivity index (χ4n) is 1.66. The lowest BCUT2D eigenvalue weighted by molar-refractivity contribution is -0.138. The van der Waals surface area contributed by atoms with Gasteiger partial charge in [-0.05, 0) is 11.6 Å². The number of nitrogens with two attached hydrogens (primary N) is 1. The second-order valence-corrected chi connectivity index (χ2v) is 4.33. The first-order valence-electron chi connectivity index (χ1n) is 5.55. The molecule has 20 heavy (non-hydrogen) atoms. The normalized spacial score (nSPS) is 11.4. The summed E-state index contributed by atoms with van der Waals surface area (Å²) in [5.41, 5.74) is 4.81. The van der Waals surface area contributed by atoms with Crippen molar-refractivity contribution >= 4 is 23.4 Å². The van der Waals surface area contributed by atoms with E-state index in [0.29, 0.717) is 0 Å². The Morgan fingerprint density at radius 2 is 1.90 bits per heavy atom. The van der Waals surface area contributed by atoms with Crippen LogP contribution in [0.1, 0.15) is 11.1 Å². The number of nitrogens with zero attached hydrogens (tertiary/aromatic N) is 2. The molecule has 2 aromatic rings. The van der Waals surface area contributed by atoms with E-state index in [1.54, 1.807) is 0 Å². The third kappa shape index (κ3) is 3.51. The molecule has 0 unspecified atom stereocenters. The maximum Gasteiger partial charge on any atom is 0.416 e. The van der Waals surface area contributed by atoms with E-state index in [1.165, 1.54) is 24.3 Å². The van der Waals surface area contributed by atoms with Gasteiger partial charge in [-0.2, -0.15) is 18.2 Å². The van der Waals surface area contributed by atoms with Crippen LogP contribution in [0.15, 0.2) is 30.3 Å². The summed E-state index contributed by atoms with van der Waals surface area (Å²) >= 11 is 5.68. The summed E-state index contributed by atoms with van der Waals surface area (Å²) in [6.45, 7) is -0.0531. The van der Waals surface area contributed by atoms with E-state index in [2.05, 4.69) is 15.3 Å². The summed E-state index contributed by atoms with van der Waals surface area (Å²) in [6.07, 6.45) is -4.40. The standard InChI is InChI=1S/C12H10ClF3N4/c13-9-5-10(20-11(17)19-9)18-6-7-3-1-2-4-8(7)12(14,15)16/h1-5H,6H2,(H3,17,18,19,20). The first-order valence-corrected chi connectivity index (χ1v) is 5.93. The number of aromatic nitrogens is 2. The zero-order valence-electron chi connectivity index (χ0n) is 10.1. The average Bonchev–Trinajstić information content (AvgIpc) is 2.34. The monoisotopic (exact) mass is 302 g/mol. The fraction of sp³-hybridized carbons (Fsp3) is 0.167. The average molecular weight is 303 g/mol. The highest BCUT2D eigenvalue weighted by molar-refractivity contribution is 6.29. The highest BCUT2D eigenvalue weighted by atomic mass is 35.5. The van der Waals surface area contributed by atoms with Gasteiger partial charge in [0.05, 0.1) is 5.56 Å². The quantitative estimate of drug-likeness (QED) is 0.854. The van der Waals surface area contributed by atoms with E-state index in [9.17, 15) is 13.2 Å². The highest BCUT2D eigenvalue weighted by Crippen LogP contribution is 2.32. The lowest BCUT2D eigenvalue weighted by Gasteiger charge is -2.13. The molecule has 0 radical (unpaired) electrons. The molecule has 4 nitrogen and oxygen atoms in total. The zero-order chi connectivity index (χ0) is 14.8. The van der Waals surface area contributed by atoms with Crippen LogP contribution in [0, 0.1) is 0 Å². The van der Waals surface area contributed by atoms with Crippen LogP contribution in [0.4, 0.5) is 24.9 Å². The lowest BCUT2D eigenvalue weighted by Crippen LogP contribution is -2.12. The molecule has 1 heterocycles. The van der Waals surface area contributed by atoms with Gasteiger partial charge in [-0.3, -0.25) is 0 Å². The van der Waals surface area contributed by atoms with Crippen LogP contribution in [0.5, 0.6) is 0 Å². The van der Waals surface area contributed by atoms with Crippen LogP contribution in [0.2, 0.25) is 5.15 Å². The Labute approximate surface area is 117 Å². The number of hydrogen-bond acceptors (Lipinski definition) is 4. The van der Waals surface area contributed by atoms with Gasteiger partial charge in [-0.25, -0.2) is 4.98 Å². The zero-order valence-corrected chi connectivity index (χ0v) is 10.8. The van der Waals surface area contributed by atoms with Crippen LogP contribution >= 0.6 is 11.6 Å². The lowest BCUT2D eigenvalue weighted by atomic mass is 10.1. The summed E-state index contributed by atoms with van der Waals surface area (Å²) in [7, 11) is 0. The predicted octanol–water partition coefficient (Wildman–Crippen LogP) is 3.34. The number of halogens is 4. The Hall–Kier alpha value is -2.02. The van der Waals surface area contributed by atoms with Crippen molar-refractivity contribution in [2.24, 2.45) is 0 Å². The number of anilines is 2. The van der Waals surface area contributed by atoms with Gasteiger partial charge in [0.1, 0.15) is 11.0 Å². The molecule has 0 atom stereocenters. The molecule has 0 aliphatic rings. The molecule has 0 bridgehead atoms. The maximum atomic E-state index is 12.8. The maximum absolute atomic E-state index is 12.8. The van der Waals surface area contributed by atoms with E-state index in [-0.39, 0.29) is 29.0 Å². The number of nitrogen functional groups attached to an aromatic ring is 1. The van der Waals surface area contributed by atoms with Crippen LogP contribution in [-0.4, -0.2) is 9.97 Å². The van der Waals surface area contributed by atoms with E-state index in [4.69, 9.17) is 17.3 Å². The smallest absolute Gasteiger partial charge is 0.368 e. The largest absolute Gasteiger partial charge is 0.416 e. The number of nitrogens with one attached hydrogen (secondary N) is 1. The van der Waals surface area contributed by atoms with Gasteiger partial charge in [0.2, 0.25) is 5.95 Å². The number of benzene rings is 1. The van der Waals surface area contributed by atoms with Crippen molar-refractivity contribution in [1.29, 1.82) is 0 Å². The van der Waals surface area contributed by atoms with Crippen molar-refractivity contribution in [2.75, 3.05) is 11.1 Å². The molecular weight excluding hydrogens is 293 g/mol. The minimum Gasteiger partial charge on any atom is -0.368 e. The molecule has 2 rings (SSSR count). The number of alkyl halides is 3. The van der Waals surface area contributed by atoms with E-state index in [1.807, 2.05) is 0 Å². The van der Waals surface area contributed by atoms with Crippen LogP contribution in [0.25, 0.3) is 0 Å². The Morgan fingerprint density at radius 1 is 1.20 bits per heavy atom. The van der Waals surface area contributed by atoms with Gasteiger partial charge >= 0.3 is 6.18 Å². The second kappa shape index (κ2) is 5.54. The molecule has 0 aliphatic carbocycles. The van der Waals surface area contributed by atoms with Gasteiger partial charge in [0.15, 0.2) is 0 Å². The molecule has 0 saturated carbocycles. The summed E-state index contributed by atoms with van der Waals surface area (Å²) in [5.74, 6) is 0.212. The van der Waals surface area contributed by atoms with E-state index < -0.39 is 11.7 Å². The highest BCUT2D eigenvalue weighted by Gasteiger charge is 2.32. The van der Waals surface area contributed by atoms with Crippen molar-refractivity contribution in [2.45, 2.75) is 12.7 Å². The molecular formula is C12H10ClF3N4. The number of rotatable bonds is 3. The topological polar surface area (TPSA) is 63.8 Å². The Kier molecular flexibility index (Phi) is 3.99. The molecule has 1 aromatic carbocycles. The first kappa shape index (κ1) is 14.4. The molecule has 0 amide bonds. The van der Waals surface area contributed by atoms with Crippen LogP contribution < -0.4 is 11.1 Å². The van der Waals surface area contributed by atoms with Gasteiger partial charge in [0.25, 0.3) is 0 Å². The van der Waals surface area contributed by atoms with E-state index >= 15 is 0 Å². The van der Waals surface area contributed by atoms with Gasteiger partial charge in [-0.1, -0.05) is 29.8 Å². The van der Waals surface area contributed by atoms with Gasteiger partial charge in [-0.15, -0.1) is 0 Å². The molecule has 0 spiro atoms. The summed E-state index contributed by atoms with van der Waals surface area (Å²) in [6, 6.07) is 6.67. The van der Waals surface area contributed by atoms with Crippen molar-refractivity contribution in [1.82, 2.24) is 9.97 Å². The fourth-order valence-corrected chi connectivity index (χ4v) is 1.85. The minimum absolute atomic E-state index is 0.0518. The number of hydrogen-bond donors (Lipinski definition) is 2. The Morgan fingerprint density at radius 3 is 2.55 bits per heavy atom. The summed E-state index contributed by atoms with van der Waals surface area (Å²) in [4.78, 5) is 7.49. The molecule has 8 heteroatoms. The predicted molar refractivity (Wildman–Crippen MR) is 70.2 cm³/mol. The van der Waals surface area contributed by atoms with Crippen LogP contribution in [0.3, 0.4) is 0 Å². The van der Waals surface area contributed by atoms with Crippen molar-refractivity contribution in [3.63, 3.8) is 0 Å². The van der Waals surface area contributed by atoms with Gasteiger partial charge in [0, 0.05) is 12.6 Å². The summed E-state index contributed by atoms with van der Waals surface area (Å²) < 4.78 is 38.4. The van der Waals surface area contributed by atoms with Crippen molar-refractivity contribution in [3.8, 4) is 0 Å². The SMILES string of the molecule is Nc1nc(Cl)cc(NCc2ccccc2C(F)(F)F)n1. The molecule has 3 N–H and O–H groups in total. The Bertz CT molecular complexity index is 596. The molecule has 0 fully saturated rings. The van der Waals surface area contributed by atoms with Crippen molar-refractivity contribution in [3.05, 3.63) is 46.6 Å². The molecule has 106 valence electrons.